The summed E-state index contributed by atoms with van der Waals surface area (Å²) in [5.74, 6) is -0.505. The van der Waals surface area contributed by atoms with E-state index in [1.54, 1.807) is 19.2 Å². The standard InChI is InChI=1S/C14H20ClFN2O/c1-4-14(2,9-17)13(19)18(3)8-10-11(15)6-5-7-12(10)16/h5-7H,4,8-9,17H2,1-3H3. The van der Waals surface area contributed by atoms with Gasteiger partial charge in [-0.1, -0.05) is 24.6 Å². The normalized spacial score (nSPS) is 14.0. The van der Waals surface area contributed by atoms with E-state index in [9.17, 15) is 9.18 Å². The number of hydrogen-bond donors (Lipinski definition) is 1. The molecule has 0 heterocycles. The average Bonchev–Trinajstić information content (AvgIpc) is 2.41. The van der Waals surface area contributed by atoms with Gasteiger partial charge < -0.3 is 10.6 Å². The third-order valence-corrected chi connectivity index (χ3v) is 3.90. The van der Waals surface area contributed by atoms with E-state index in [-0.39, 0.29) is 19.0 Å². The van der Waals surface area contributed by atoms with Gasteiger partial charge in [-0.3, -0.25) is 4.79 Å². The molecule has 0 fully saturated rings. The molecule has 2 N–H and O–H groups in total. The van der Waals surface area contributed by atoms with Crippen molar-refractivity contribution in [1.29, 1.82) is 0 Å². The highest BCUT2D eigenvalue weighted by molar-refractivity contribution is 6.31. The molecule has 5 heteroatoms. The van der Waals surface area contributed by atoms with E-state index in [1.165, 1.54) is 11.0 Å². The molecular formula is C14H20ClFN2O. The first-order chi connectivity index (χ1) is 8.85. The highest BCUT2D eigenvalue weighted by Gasteiger charge is 2.32. The molecule has 0 saturated carbocycles. The molecule has 1 atom stereocenters. The number of carbonyl (C=O) groups is 1. The number of nitrogens with two attached hydrogens (primary N) is 1. The van der Waals surface area contributed by atoms with E-state index in [0.29, 0.717) is 17.0 Å². The van der Waals surface area contributed by atoms with Crippen LogP contribution in [0.3, 0.4) is 0 Å². The minimum atomic E-state index is -0.619. The van der Waals surface area contributed by atoms with E-state index < -0.39 is 11.2 Å². The summed E-state index contributed by atoms with van der Waals surface area (Å²) in [4.78, 5) is 13.8. The van der Waals surface area contributed by atoms with E-state index in [0.717, 1.165) is 0 Å². The zero-order valence-corrected chi connectivity index (χ0v) is 12.3. The Bertz CT molecular complexity index is 441. The zero-order chi connectivity index (χ0) is 14.6. The Morgan fingerprint density at radius 2 is 2.16 bits per heavy atom. The van der Waals surface area contributed by atoms with Gasteiger partial charge in [0.15, 0.2) is 0 Å². The molecule has 0 aromatic heterocycles. The molecule has 0 bridgehead atoms. The van der Waals surface area contributed by atoms with Gasteiger partial charge in [-0.2, -0.15) is 0 Å². The van der Waals surface area contributed by atoms with Gasteiger partial charge >= 0.3 is 0 Å². The van der Waals surface area contributed by atoms with E-state index in [1.807, 2.05) is 13.8 Å². The van der Waals surface area contributed by atoms with Gasteiger partial charge in [-0.25, -0.2) is 4.39 Å². The Hall–Kier alpha value is -1.13. The van der Waals surface area contributed by atoms with E-state index >= 15 is 0 Å². The quantitative estimate of drug-likeness (QED) is 0.905. The first-order valence-corrected chi connectivity index (χ1v) is 6.62. The van der Waals surface area contributed by atoms with Gasteiger partial charge in [0, 0.05) is 30.7 Å². The van der Waals surface area contributed by atoms with Crippen molar-refractivity contribution in [2.24, 2.45) is 11.1 Å². The number of amides is 1. The van der Waals surface area contributed by atoms with Crippen LogP contribution in [-0.4, -0.2) is 24.4 Å². The number of benzene rings is 1. The third-order valence-electron chi connectivity index (χ3n) is 3.55. The predicted molar refractivity (Wildman–Crippen MR) is 75.3 cm³/mol. The zero-order valence-electron chi connectivity index (χ0n) is 11.5. The summed E-state index contributed by atoms with van der Waals surface area (Å²) in [6.07, 6.45) is 0.637. The van der Waals surface area contributed by atoms with Crippen LogP contribution in [0.4, 0.5) is 4.39 Å². The highest BCUT2D eigenvalue weighted by atomic mass is 35.5. The maximum absolute atomic E-state index is 13.7. The van der Waals surface area contributed by atoms with Crippen LogP contribution in [0.5, 0.6) is 0 Å². The Balaban J connectivity index is 2.91. The van der Waals surface area contributed by atoms with E-state index in [2.05, 4.69) is 0 Å². The maximum atomic E-state index is 13.7. The van der Waals surface area contributed by atoms with Crippen LogP contribution in [0.15, 0.2) is 18.2 Å². The maximum Gasteiger partial charge on any atom is 0.229 e. The van der Waals surface area contributed by atoms with Crippen LogP contribution < -0.4 is 5.73 Å². The van der Waals surface area contributed by atoms with Crippen LogP contribution >= 0.6 is 11.6 Å². The Labute approximate surface area is 118 Å². The molecule has 0 aliphatic rings. The lowest BCUT2D eigenvalue weighted by Gasteiger charge is -2.31. The molecule has 1 amide bonds. The average molecular weight is 287 g/mol. The SMILES string of the molecule is CCC(C)(CN)C(=O)N(C)Cc1c(F)cccc1Cl. The molecule has 0 aliphatic carbocycles. The summed E-state index contributed by atoms with van der Waals surface area (Å²) in [6, 6.07) is 4.49. The number of halogens is 2. The smallest absolute Gasteiger partial charge is 0.229 e. The van der Waals surface area contributed by atoms with Crippen molar-refractivity contribution in [2.75, 3.05) is 13.6 Å². The molecular weight excluding hydrogens is 267 g/mol. The first kappa shape index (κ1) is 15.9. The summed E-state index contributed by atoms with van der Waals surface area (Å²) >= 11 is 5.96. The number of nitrogens with zero attached hydrogens (tertiary/aromatic N) is 1. The van der Waals surface area contributed by atoms with Gasteiger partial charge in [-0.05, 0) is 25.5 Å². The van der Waals surface area contributed by atoms with E-state index in [4.69, 9.17) is 17.3 Å². The van der Waals surface area contributed by atoms with Crippen molar-refractivity contribution < 1.29 is 9.18 Å². The number of rotatable bonds is 5. The van der Waals surface area contributed by atoms with Crippen LogP contribution in [-0.2, 0) is 11.3 Å². The molecule has 1 unspecified atom stereocenters. The summed E-state index contributed by atoms with van der Waals surface area (Å²) in [5.41, 5.74) is 5.37. The lowest BCUT2D eigenvalue weighted by Crippen LogP contribution is -2.44. The predicted octanol–water partition coefficient (Wildman–Crippen LogP) is 2.81. The molecule has 19 heavy (non-hydrogen) atoms. The lowest BCUT2D eigenvalue weighted by molar-refractivity contribution is -0.140. The summed E-state index contributed by atoms with van der Waals surface area (Å²) in [5, 5.41) is 0.325. The molecule has 1 aromatic rings. The fraction of sp³-hybridized carbons (Fsp3) is 0.500. The summed E-state index contributed by atoms with van der Waals surface area (Å²) in [6.45, 7) is 4.13. The molecule has 1 aromatic carbocycles. The van der Waals surface area contributed by atoms with Crippen LogP contribution in [0.25, 0.3) is 0 Å². The largest absolute Gasteiger partial charge is 0.341 e. The van der Waals surface area contributed by atoms with Crippen molar-refractivity contribution in [1.82, 2.24) is 4.90 Å². The first-order valence-electron chi connectivity index (χ1n) is 6.24. The molecule has 0 aliphatic heterocycles. The summed E-state index contributed by atoms with van der Waals surface area (Å²) < 4.78 is 13.7. The van der Waals surface area contributed by atoms with Gasteiger partial charge in [0.05, 0.1) is 5.41 Å². The second kappa shape index (κ2) is 6.35. The molecule has 106 valence electrons. The second-order valence-corrected chi connectivity index (χ2v) is 5.39. The molecule has 0 radical (unpaired) electrons. The lowest BCUT2D eigenvalue weighted by atomic mass is 9.86. The van der Waals surface area contributed by atoms with Crippen molar-refractivity contribution in [3.63, 3.8) is 0 Å². The number of carbonyl (C=O) groups excluding carboxylic acids is 1. The minimum absolute atomic E-state index is 0.100. The molecule has 0 spiro atoms. The van der Waals surface area contributed by atoms with Crippen molar-refractivity contribution in [2.45, 2.75) is 26.8 Å². The minimum Gasteiger partial charge on any atom is -0.341 e. The van der Waals surface area contributed by atoms with Crippen molar-refractivity contribution in [3.05, 3.63) is 34.6 Å². The summed E-state index contributed by atoms with van der Waals surface area (Å²) in [7, 11) is 1.63. The van der Waals surface area contributed by atoms with Gasteiger partial charge in [0.2, 0.25) is 5.91 Å². The van der Waals surface area contributed by atoms with Crippen molar-refractivity contribution >= 4 is 17.5 Å². The highest BCUT2D eigenvalue weighted by Crippen LogP contribution is 2.25. The molecule has 3 nitrogen and oxygen atoms in total. The molecule has 1 rings (SSSR count). The van der Waals surface area contributed by atoms with Gasteiger partial charge in [-0.15, -0.1) is 0 Å². The number of hydrogen-bond acceptors (Lipinski definition) is 2. The Kier molecular flexibility index (Phi) is 5.32. The van der Waals surface area contributed by atoms with Gasteiger partial charge in [0.1, 0.15) is 5.82 Å². The topological polar surface area (TPSA) is 46.3 Å². The molecule has 0 saturated heterocycles. The Morgan fingerprint density at radius 3 is 2.63 bits per heavy atom. The van der Waals surface area contributed by atoms with Crippen LogP contribution in [0.2, 0.25) is 5.02 Å². The fourth-order valence-corrected chi connectivity index (χ4v) is 2.06. The Morgan fingerprint density at radius 1 is 1.53 bits per heavy atom. The third kappa shape index (κ3) is 3.45. The van der Waals surface area contributed by atoms with Crippen LogP contribution in [0.1, 0.15) is 25.8 Å². The fourth-order valence-electron chi connectivity index (χ4n) is 1.84. The van der Waals surface area contributed by atoms with Crippen molar-refractivity contribution in [3.8, 4) is 0 Å². The van der Waals surface area contributed by atoms with Gasteiger partial charge in [0.25, 0.3) is 0 Å². The second-order valence-electron chi connectivity index (χ2n) is 4.98. The monoisotopic (exact) mass is 286 g/mol. The van der Waals surface area contributed by atoms with Crippen LogP contribution in [0, 0.1) is 11.2 Å².